The fourth-order valence-electron chi connectivity index (χ4n) is 1.49. The van der Waals surface area contributed by atoms with Gasteiger partial charge in [-0.15, -0.1) is 0 Å². The highest BCUT2D eigenvalue weighted by Crippen LogP contribution is 2.13. The Kier molecular flexibility index (Phi) is 8.26. The van der Waals surface area contributed by atoms with Crippen LogP contribution in [-0.2, 0) is 14.3 Å². The summed E-state index contributed by atoms with van der Waals surface area (Å²) in [4.78, 5) is 17.8. The summed E-state index contributed by atoms with van der Waals surface area (Å²) in [5.74, 6) is -5.51. The number of carbonyl (C=O) groups is 2. The number of nitrogens with one attached hydrogen (secondary N) is 2. The first-order valence-electron chi connectivity index (χ1n) is 6.01. The van der Waals surface area contributed by atoms with Crippen LogP contribution in [0.2, 0.25) is 0 Å². The summed E-state index contributed by atoms with van der Waals surface area (Å²) in [5.41, 5.74) is 0. The standard InChI is InChI=1S/C6H12N2O.2C2HF3O2/c1-2-9-6-4-7-3-5(6)8-1;2*3-2(4,5)1(6)7/h5-8H,1-4H2;2*(H,6,7)/t5-,6+;;/m0../s1. The molecule has 2 atom stereocenters. The van der Waals surface area contributed by atoms with Crippen molar-refractivity contribution in [3.05, 3.63) is 0 Å². The molecule has 2 aliphatic rings. The quantitative estimate of drug-likeness (QED) is 0.460. The third kappa shape index (κ3) is 9.20. The lowest BCUT2D eigenvalue weighted by molar-refractivity contribution is -0.193. The van der Waals surface area contributed by atoms with Crippen LogP contribution in [0.3, 0.4) is 0 Å². The van der Waals surface area contributed by atoms with Gasteiger partial charge < -0.3 is 25.6 Å². The van der Waals surface area contributed by atoms with Crippen LogP contribution in [0.5, 0.6) is 0 Å². The molecule has 2 fully saturated rings. The number of hydrogen-bond donors (Lipinski definition) is 4. The third-order valence-electron chi connectivity index (χ3n) is 2.48. The first-order valence-corrected chi connectivity index (χ1v) is 6.01. The molecule has 0 aromatic heterocycles. The van der Waals surface area contributed by atoms with Gasteiger partial charge in [-0.05, 0) is 0 Å². The van der Waals surface area contributed by atoms with Crippen LogP contribution in [0.15, 0.2) is 0 Å². The summed E-state index contributed by atoms with van der Waals surface area (Å²) in [7, 11) is 0. The normalized spacial score (nSPS) is 23.6. The fourth-order valence-corrected chi connectivity index (χ4v) is 1.49. The second-order valence-corrected chi connectivity index (χ2v) is 4.23. The molecular formula is C10H14F6N2O5. The molecular weight excluding hydrogens is 342 g/mol. The zero-order valence-electron chi connectivity index (χ0n) is 11.4. The number of carboxylic acid groups (broad SMARTS) is 2. The summed E-state index contributed by atoms with van der Waals surface area (Å²) in [6.07, 6.45) is -9.72. The summed E-state index contributed by atoms with van der Waals surface area (Å²) in [5, 5.41) is 20.9. The van der Waals surface area contributed by atoms with E-state index >= 15 is 0 Å². The van der Waals surface area contributed by atoms with Crippen LogP contribution in [-0.4, -0.2) is 72.9 Å². The fraction of sp³-hybridized carbons (Fsp3) is 0.800. The molecule has 4 N–H and O–H groups in total. The van der Waals surface area contributed by atoms with Gasteiger partial charge >= 0.3 is 24.3 Å². The van der Waals surface area contributed by atoms with E-state index in [0.717, 1.165) is 26.2 Å². The maximum atomic E-state index is 10.6. The van der Waals surface area contributed by atoms with E-state index < -0.39 is 24.3 Å². The minimum absolute atomic E-state index is 0.443. The molecule has 23 heavy (non-hydrogen) atoms. The zero-order valence-corrected chi connectivity index (χ0v) is 11.4. The third-order valence-corrected chi connectivity index (χ3v) is 2.48. The summed E-state index contributed by atoms with van der Waals surface area (Å²) >= 11 is 0. The van der Waals surface area contributed by atoms with Gasteiger partial charge in [0.15, 0.2) is 0 Å². The number of rotatable bonds is 0. The monoisotopic (exact) mass is 356 g/mol. The molecule has 0 unspecified atom stereocenters. The lowest BCUT2D eigenvalue weighted by Crippen LogP contribution is -2.47. The van der Waals surface area contributed by atoms with Crippen molar-refractivity contribution in [3.8, 4) is 0 Å². The van der Waals surface area contributed by atoms with Crippen LogP contribution < -0.4 is 10.6 Å². The van der Waals surface area contributed by atoms with Crippen molar-refractivity contribution in [2.24, 2.45) is 0 Å². The van der Waals surface area contributed by atoms with Crippen LogP contribution in [0.4, 0.5) is 26.3 Å². The Bertz CT molecular complexity index is 364. The highest BCUT2D eigenvalue weighted by atomic mass is 19.4. The number of hydrogen-bond acceptors (Lipinski definition) is 5. The second kappa shape index (κ2) is 8.88. The van der Waals surface area contributed by atoms with Gasteiger partial charge in [-0.25, -0.2) is 9.59 Å². The number of fused-ring (bicyclic) bond motifs is 1. The molecule has 0 spiro atoms. The lowest BCUT2D eigenvalue weighted by atomic mass is 10.2. The Balaban J connectivity index is 0.000000322. The minimum Gasteiger partial charge on any atom is -0.475 e. The van der Waals surface area contributed by atoms with Gasteiger partial charge in [0.25, 0.3) is 0 Å². The predicted molar refractivity (Wildman–Crippen MR) is 61.8 cm³/mol. The van der Waals surface area contributed by atoms with Crippen molar-refractivity contribution in [2.75, 3.05) is 26.2 Å². The van der Waals surface area contributed by atoms with Gasteiger partial charge in [0.1, 0.15) is 0 Å². The molecule has 7 nitrogen and oxygen atoms in total. The molecule has 0 aliphatic carbocycles. The Morgan fingerprint density at radius 2 is 1.39 bits per heavy atom. The molecule has 13 heteroatoms. The number of carboxylic acids is 2. The van der Waals surface area contributed by atoms with Crippen molar-refractivity contribution in [1.29, 1.82) is 0 Å². The highest BCUT2D eigenvalue weighted by molar-refractivity contribution is 5.73. The molecule has 0 saturated carbocycles. The molecule has 0 radical (unpaired) electrons. The zero-order chi connectivity index (χ0) is 18.3. The Hall–Kier alpha value is -1.60. The van der Waals surface area contributed by atoms with Crippen molar-refractivity contribution < 1.29 is 50.9 Å². The molecule has 0 bridgehead atoms. The van der Waals surface area contributed by atoms with Crippen LogP contribution in [0, 0.1) is 0 Å². The van der Waals surface area contributed by atoms with Crippen LogP contribution >= 0.6 is 0 Å². The smallest absolute Gasteiger partial charge is 0.475 e. The van der Waals surface area contributed by atoms with Crippen molar-refractivity contribution in [1.82, 2.24) is 10.6 Å². The molecule has 2 aliphatic heterocycles. The second-order valence-electron chi connectivity index (χ2n) is 4.23. The van der Waals surface area contributed by atoms with E-state index in [9.17, 15) is 26.3 Å². The molecule has 2 rings (SSSR count). The SMILES string of the molecule is C1CO[C@@H]2CNC[C@@H]2N1.O=C(O)C(F)(F)F.O=C(O)C(F)(F)F. The minimum atomic E-state index is -5.08. The number of ether oxygens (including phenoxy) is 1. The van der Waals surface area contributed by atoms with Crippen LogP contribution in [0.25, 0.3) is 0 Å². The topological polar surface area (TPSA) is 108 Å². The molecule has 2 saturated heterocycles. The van der Waals surface area contributed by atoms with E-state index in [-0.39, 0.29) is 0 Å². The van der Waals surface area contributed by atoms with E-state index in [0.29, 0.717) is 12.1 Å². The molecule has 136 valence electrons. The summed E-state index contributed by atoms with van der Waals surface area (Å²) in [6, 6.07) is 0.582. The van der Waals surface area contributed by atoms with Gasteiger partial charge in [-0.3, -0.25) is 0 Å². The Labute approximate surface area is 125 Å². The van der Waals surface area contributed by atoms with E-state index in [2.05, 4.69) is 10.6 Å². The van der Waals surface area contributed by atoms with Gasteiger partial charge in [0.2, 0.25) is 0 Å². The van der Waals surface area contributed by atoms with Crippen molar-refractivity contribution >= 4 is 11.9 Å². The van der Waals surface area contributed by atoms with E-state index in [4.69, 9.17) is 24.5 Å². The molecule has 0 aromatic carbocycles. The van der Waals surface area contributed by atoms with E-state index in [1.807, 2.05) is 0 Å². The van der Waals surface area contributed by atoms with Gasteiger partial charge in [-0.1, -0.05) is 0 Å². The van der Waals surface area contributed by atoms with Gasteiger partial charge in [0.05, 0.1) is 12.7 Å². The molecule has 2 heterocycles. The molecule has 0 aromatic rings. The summed E-state index contributed by atoms with van der Waals surface area (Å²) in [6.45, 7) is 3.99. The van der Waals surface area contributed by atoms with Crippen molar-refractivity contribution in [2.45, 2.75) is 24.5 Å². The highest BCUT2D eigenvalue weighted by Gasteiger charge is 2.38. The number of morpholine rings is 1. The van der Waals surface area contributed by atoms with Crippen LogP contribution in [0.1, 0.15) is 0 Å². The van der Waals surface area contributed by atoms with Crippen molar-refractivity contribution in [3.63, 3.8) is 0 Å². The number of aliphatic carboxylic acids is 2. The Morgan fingerprint density at radius 1 is 0.957 bits per heavy atom. The first-order chi connectivity index (χ1) is 10.4. The van der Waals surface area contributed by atoms with E-state index in [1.54, 1.807) is 0 Å². The average molecular weight is 356 g/mol. The largest absolute Gasteiger partial charge is 0.490 e. The Morgan fingerprint density at radius 3 is 1.74 bits per heavy atom. The predicted octanol–water partition coefficient (Wildman–Crippen LogP) is 0.213. The molecule has 0 amide bonds. The number of alkyl halides is 6. The summed E-state index contributed by atoms with van der Waals surface area (Å²) < 4.78 is 68.9. The van der Waals surface area contributed by atoms with E-state index in [1.165, 1.54) is 0 Å². The first kappa shape index (κ1) is 21.4. The average Bonchev–Trinajstić information content (AvgIpc) is 2.86. The lowest BCUT2D eigenvalue weighted by Gasteiger charge is -2.25. The van der Waals surface area contributed by atoms with Gasteiger partial charge in [0, 0.05) is 25.7 Å². The van der Waals surface area contributed by atoms with Gasteiger partial charge in [-0.2, -0.15) is 26.3 Å². The maximum absolute atomic E-state index is 10.6. The number of halogens is 6. The maximum Gasteiger partial charge on any atom is 0.490 e.